The third-order valence-corrected chi connectivity index (χ3v) is 4.33. The minimum Gasteiger partial charge on any atom is -0.469 e. The first kappa shape index (κ1) is 16.6. The highest BCUT2D eigenvalue weighted by Gasteiger charge is 2.32. The van der Waals surface area contributed by atoms with E-state index in [1.54, 1.807) is 13.0 Å². The van der Waals surface area contributed by atoms with Crippen LogP contribution in [0, 0.1) is 6.92 Å². The molecule has 2 aromatic rings. The third kappa shape index (κ3) is 3.97. The van der Waals surface area contributed by atoms with Crippen molar-refractivity contribution in [1.29, 1.82) is 0 Å². The maximum absolute atomic E-state index is 12.5. The number of rotatable bonds is 6. The van der Waals surface area contributed by atoms with Crippen LogP contribution in [0.25, 0.3) is 0 Å². The quantitative estimate of drug-likeness (QED) is 0.873. The van der Waals surface area contributed by atoms with Gasteiger partial charge in [-0.2, -0.15) is 0 Å². The summed E-state index contributed by atoms with van der Waals surface area (Å²) < 4.78 is 5.11. The lowest BCUT2D eigenvalue weighted by Gasteiger charge is -2.23. The van der Waals surface area contributed by atoms with Gasteiger partial charge in [0.2, 0.25) is 5.91 Å². The maximum Gasteiger partial charge on any atom is 0.255 e. The number of nitrogens with one attached hydrogen (secondary N) is 1. The molecule has 1 aromatic carbocycles. The van der Waals surface area contributed by atoms with E-state index >= 15 is 0 Å². The van der Waals surface area contributed by atoms with Crippen LogP contribution in [0.2, 0.25) is 5.02 Å². The first-order valence-electron chi connectivity index (χ1n) is 7.91. The summed E-state index contributed by atoms with van der Waals surface area (Å²) in [4.78, 5) is 26.4. The van der Waals surface area contributed by atoms with Crippen molar-refractivity contribution in [2.75, 3.05) is 6.54 Å². The largest absolute Gasteiger partial charge is 0.469 e. The predicted molar refractivity (Wildman–Crippen MR) is 90.8 cm³/mol. The van der Waals surface area contributed by atoms with Crippen molar-refractivity contribution in [3.05, 3.63) is 58.5 Å². The zero-order valence-corrected chi connectivity index (χ0v) is 14.2. The van der Waals surface area contributed by atoms with Crippen molar-refractivity contribution in [2.24, 2.45) is 0 Å². The van der Waals surface area contributed by atoms with Crippen molar-refractivity contribution in [1.82, 2.24) is 10.2 Å². The Bertz CT molecular complexity index is 735. The van der Waals surface area contributed by atoms with E-state index in [1.165, 1.54) is 6.26 Å². The van der Waals surface area contributed by atoms with Gasteiger partial charge < -0.3 is 14.6 Å². The number of carbonyl (C=O) groups is 2. The molecule has 1 aliphatic carbocycles. The van der Waals surface area contributed by atoms with Gasteiger partial charge in [0.1, 0.15) is 5.76 Å². The molecule has 2 amide bonds. The van der Waals surface area contributed by atoms with Gasteiger partial charge in [0.05, 0.1) is 18.4 Å². The average Bonchev–Trinajstić information content (AvgIpc) is 3.32. The molecule has 5 nitrogen and oxygen atoms in total. The number of aryl methyl sites for hydroxylation is 1. The molecule has 0 bridgehead atoms. The molecule has 1 heterocycles. The summed E-state index contributed by atoms with van der Waals surface area (Å²) in [5, 5.41) is 3.34. The van der Waals surface area contributed by atoms with Crippen LogP contribution in [0.15, 0.2) is 41.0 Å². The molecule has 0 unspecified atom stereocenters. The molecule has 0 saturated heterocycles. The summed E-state index contributed by atoms with van der Waals surface area (Å²) in [6.07, 6.45) is 3.48. The minimum atomic E-state index is -0.295. The lowest BCUT2D eigenvalue weighted by atomic mass is 10.2. The Morgan fingerprint density at radius 3 is 2.54 bits per heavy atom. The Hall–Kier alpha value is -2.27. The molecule has 24 heavy (non-hydrogen) atoms. The summed E-state index contributed by atoms with van der Waals surface area (Å²) in [5.41, 5.74) is 1.48. The van der Waals surface area contributed by atoms with E-state index in [1.807, 2.05) is 29.2 Å². The van der Waals surface area contributed by atoms with E-state index in [0.29, 0.717) is 22.9 Å². The summed E-state index contributed by atoms with van der Waals surface area (Å²) in [6.45, 7) is 2.22. The van der Waals surface area contributed by atoms with Gasteiger partial charge in [-0.3, -0.25) is 9.59 Å². The Morgan fingerprint density at radius 1 is 1.25 bits per heavy atom. The van der Waals surface area contributed by atoms with Crippen LogP contribution in [0.1, 0.15) is 34.5 Å². The molecule has 1 aromatic heterocycles. The van der Waals surface area contributed by atoms with Crippen molar-refractivity contribution in [2.45, 2.75) is 32.4 Å². The van der Waals surface area contributed by atoms with Gasteiger partial charge in [0.25, 0.3) is 5.91 Å². The second-order valence-corrected chi connectivity index (χ2v) is 6.39. The number of nitrogens with zero attached hydrogens (tertiary/aromatic N) is 1. The fourth-order valence-electron chi connectivity index (χ4n) is 2.57. The van der Waals surface area contributed by atoms with Crippen molar-refractivity contribution >= 4 is 23.4 Å². The molecule has 1 aliphatic rings. The lowest BCUT2D eigenvalue weighted by Crippen LogP contribution is -2.41. The van der Waals surface area contributed by atoms with Gasteiger partial charge in [-0.1, -0.05) is 23.7 Å². The Morgan fingerprint density at radius 2 is 1.96 bits per heavy atom. The fraction of sp³-hybridized carbons (Fsp3) is 0.333. The summed E-state index contributed by atoms with van der Waals surface area (Å²) in [5.74, 6) is 0.166. The number of amides is 2. The van der Waals surface area contributed by atoms with Crippen LogP contribution >= 0.6 is 11.6 Å². The summed E-state index contributed by atoms with van der Waals surface area (Å²) >= 11 is 5.90. The van der Waals surface area contributed by atoms with Crippen LogP contribution < -0.4 is 5.32 Å². The van der Waals surface area contributed by atoms with E-state index in [9.17, 15) is 9.59 Å². The highest BCUT2D eigenvalue weighted by molar-refractivity contribution is 6.30. The van der Waals surface area contributed by atoms with Crippen molar-refractivity contribution in [3.8, 4) is 0 Å². The molecule has 6 heteroatoms. The molecule has 0 atom stereocenters. The van der Waals surface area contributed by atoms with E-state index in [0.717, 1.165) is 18.4 Å². The number of benzene rings is 1. The average molecular weight is 347 g/mol. The normalized spacial score (nSPS) is 13.6. The molecular formula is C18H19ClN2O3. The Kier molecular flexibility index (Phi) is 4.90. The predicted octanol–water partition coefficient (Wildman–Crippen LogP) is 3.16. The number of hydrogen-bond donors (Lipinski definition) is 1. The first-order valence-corrected chi connectivity index (χ1v) is 8.28. The van der Waals surface area contributed by atoms with E-state index in [4.69, 9.17) is 16.0 Å². The van der Waals surface area contributed by atoms with Crippen LogP contribution in [-0.4, -0.2) is 29.3 Å². The van der Waals surface area contributed by atoms with Crippen molar-refractivity contribution < 1.29 is 14.0 Å². The fourth-order valence-corrected chi connectivity index (χ4v) is 2.69. The summed E-state index contributed by atoms with van der Waals surface area (Å²) in [6, 6.07) is 9.32. The maximum atomic E-state index is 12.5. The molecule has 0 aliphatic heterocycles. The van der Waals surface area contributed by atoms with Gasteiger partial charge in [-0.15, -0.1) is 0 Å². The molecule has 1 fully saturated rings. The van der Waals surface area contributed by atoms with Gasteiger partial charge in [0, 0.05) is 17.6 Å². The zero-order chi connectivity index (χ0) is 17.1. The SMILES string of the molecule is Cc1occc1C(=O)NCC(=O)N(Cc1ccc(Cl)cc1)C1CC1. The molecule has 126 valence electrons. The van der Waals surface area contributed by atoms with E-state index in [2.05, 4.69) is 5.32 Å². The van der Waals surface area contributed by atoms with Crippen LogP contribution in [0.5, 0.6) is 0 Å². The lowest BCUT2D eigenvalue weighted by molar-refractivity contribution is -0.131. The first-order chi connectivity index (χ1) is 11.5. The summed E-state index contributed by atoms with van der Waals surface area (Å²) in [7, 11) is 0. The van der Waals surface area contributed by atoms with E-state index < -0.39 is 0 Å². The van der Waals surface area contributed by atoms with Crippen LogP contribution in [0.3, 0.4) is 0 Å². The number of hydrogen-bond acceptors (Lipinski definition) is 3. The van der Waals surface area contributed by atoms with E-state index in [-0.39, 0.29) is 24.4 Å². The van der Waals surface area contributed by atoms with Crippen LogP contribution in [-0.2, 0) is 11.3 Å². The number of carbonyl (C=O) groups excluding carboxylic acids is 2. The third-order valence-electron chi connectivity index (χ3n) is 4.08. The molecule has 1 N–H and O–H groups in total. The standard InChI is InChI=1S/C18H19ClN2O3/c1-12-16(8-9-24-12)18(23)20-10-17(22)21(15-6-7-15)11-13-2-4-14(19)5-3-13/h2-5,8-9,15H,6-7,10-11H2,1H3,(H,20,23). The Balaban J connectivity index is 1.59. The van der Waals surface area contributed by atoms with Crippen LogP contribution in [0.4, 0.5) is 0 Å². The molecule has 1 saturated carbocycles. The van der Waals surface area contributed by atoms with Crippen molar-refractivity contribution in [3.63, 3.8) is 0 Å². The monoisotopic (exact) mass is 346 g/mol. The number of furan rings is 1. The second-order valence-electron chi connectivity index (χ2n) is 5.95. The smallest absolute Gasteiger partial charge is 0.255 e. The Labute approximate surface area is 145 Å². The molecule has 3 rings (SSSR count). The van der Waals surface area contributed by atoms with Gasteiger partial charge >= 0.3 is 0 Å². The van der Waals surface area contributed by atoms with Gasteiger partial charge in [0.15, 0.2) is 0 Å². The highest BCUT2D eigenvalue weighted by Crippen LogP contribution is 2.28. The molecule has 0 spiro atoms. The highest BCUT2D eigenvalue weighted by atomic mass is 35.5. The second kappa shape index (κ2) is 7.09. The number of halogens is 1. The van der Waals surface area contributed by atoms with Gasteiger partial charge in [-0.05, 0) is 43.5 Å². The zero-order valence-electron chi connectivity index (χ0n) is 13.4. The molecular weight excluding hydrogens is 328 g/mol. The molecule has 0 radical (unpaired) electrons. The van der Waals surface area contributed by atoms with Gasteiger partial charge in [-0.25, -0.2) is 0 Å². The topological polar surface area (TPSA) is 62.6 Å². The minimum absolute atomic E-state index is 0.0203.